The summed E-state index contributed by atoms with van der Waals surface area (Å²) >= 11 is 6.27. The maximum atomic E-state index is 14.9. The van der Waals surface area contributed by atoms with Gasteiger partial charge < -0.3 is 5.73 Å². The number of aryl methyl sites for hydroxylation is 1. The fraction of sp³-hybridized carbons (Fsp3) is 0.0417. The second-order valence-electron chi connectivity index (χ2n) is 7.37. The Morgan fingerprint density at radius 3 is 2.64 bits per heavy atom. The third kappa shape index (κ3) is 3.26. The van der Waals surface area contributed by atoms with Crippen LogP contribution in [0.15, 0.2) is 54.9 Å². The van der Waals surface area contributed by atoms with Crippen molar-refractivity contribution in [3.05, 3.63) is 82.8 Å². The lowest BCUT2D eigenvalue weighted by atomic mass is 10.0. The summed E-state index contributed by atoms with van der Waals surface area (Å²) in [5.74, 6) is -0.628. The van der Waals surface area contributed by atoms with Crippen LogP contribution in [0.5, 0.6) is 0 Å². The number of rotatable bonds is 3. The first-order valence-electron chi connectivity index (χ1n) is 9.81. The van der Waals surface area contributed by atoms with Gasteiger partial charge in [-0.15, -0.1) is 0 Å². The molecule has 0 aliphatic carbocycles. The van der Waals surface area contributed by atoms with Crippen LogP contribution in [0, 0.1) is 24.1 Å². The van der Waals surface area contributed by atoms with Gasteiger partial charge in [-0.1, -0.05) is 11.6 Å². The van der Waals surface area contributed by atoms with Crippen LogP contribution in [-0.2, 0) is 0 Å². The maximum Gasteiger partial charge on any atom is 0.250 e. The molecule has 9 heteroatoms. The average Bonchev–Trinajstić information content (AvgIpc) is 3.15. The highest BCUT2D eigenvalue weighted by Gasteiger charge is 2.21. The highest BCUT2D eigenvalue weighted by Crippen LogP contribution is 2.34. The van der Waals surface area contributed by atoms with E-state index in [9.17, 15) is 14.4 Å². The van der Waals surface area contributed by atoms with E-state index >= 15 is 0 Å². The lowest BCUT2D eigenvalue weighted by Gasteiger charge is -2.13. The number of amides is 1. The predicted molar refractivity (Wildman–Crippen MR) is 123 cm³/mol. The van der Waals surface area contributed by atoms with Gasteiger partial charge in [0.25, 0.3) is 5.91 Å². The van der Waals surface area contributed by atoms with Crippen molar-refractivity contribution < 1.29 is 9.18 Å². The molecule has 33 heavy (non-hydrogen) atoms. The summed E-state index contributed by atoms with van der Waals surface area (Å²) in [4.78, 5) is 25.1. The summed E-state index contributed by atoms with van der Waals surface area (Å²) in [7, 11) is 0. The van der Waals surface area contributed by atoms with Crippen LogP contribution in [0.1, 0.15) is 21.9 Å². The van der Waals surface area contributed by atoms with Crippen LogP contribution >= 0.6 is 11.6 Å². The summed E-state index contributed by atoms with van der Waals surface area (Å²) < 4.78 is 16.7. The Morgan fingerprint density at radius 2 is 1.88 bits per heavy atom. The molecule has 0 aliphatic heterocycles. The van der Waals surface area contributed by atoms with E-state index in [0.29, 0.717) is 44.2 Å². The number of pyridine rings is 2. The van der Waals surface area contributed by atoms with Gasteiger partial charge in [-0.2, -0.15) is 5.26 Å². The number of primary amides is 1. The van der Waals surface area contributed by atoms with Crippen molar-refractivity contribution in [3.8, 4) is 22.9 Å². The molecule has 0 unspecified atom stereocenters. The van der Waals surface area contributed by atoms with Crippen molar-refractivity contribution in [2.24, 2.45) is 5.73 Å². The van der Waals surface area contributed by atoms with Crippen LogP contribution in [-0.4, -0.2) is 25.4 Å². The van der Waals surface area contributed by atoms with Gasteiger partial charge in [0.15, 0.2) is 0 Å². The van der Waals surface area contributed by atoms with Crippen molar-refractivity contribution in [1.82, 2.24) is 19.5 Å². The summed E-state index contributed by atoms with van der Waals surface area (Å²) in [5.41, 5.74) is 9.12. The first kappa shape index (κ1) is 20.5. The van der Waals surface area contributed by atoms with E-state index < -0.39 is 11.7 Å². The normalized spacial score (nSPS) is 11.1. The molecule has 0 atom stereocenters. The summed E-state index contributed by atoms with van der Waals surface area (Å²) in [5, 5.41) is 9.76. The van der Waals surface area contributed by atoms with Gasteiger partial charge in [-0.05, 0) is 60.5 Å². The van der Waals surface area contributed by atoms with Gasteiger partial charge >= 0.3 is 0 Å². The highest BCUT2D eigenvalue weighted by molar-refractivity contribution is 6.35. The molecule has 2 N–H and O–H groups in total. The zero-order chi connectivity index (χ0) is 23.3. The molecule has 0 bridgehead atoms. The van der Waals surface area contributed by atoms with E-state index in [-0.39, 0.29) is 16.6 Å². The molecule has 7 nitrogen and oxygen atoms in total. The lowest BCUT2D eigenvalue weighted by molar-refractivity contribution is 0.100. The maximum absolute atomic E-state index is 14.9. The summed E-state index contributed by atoms with van der Waals surface area (Å²) in [6.07, 6.45) is 3.05. The van der Waals surface area contributed by atoms with Gasteiger partial charge in [0.1, 0.15) is 28.9 Å². The second kappa shape index (κ2) is 7.65. The standard InChI is InChI=1S/C24H14ClFN6O/c1-12-31-22-16(24(28)33)9-14(13-4-6-29-15(8-13)11-27)10-20(22)32(12)19-5-7-30-23-17(25)2-3-18(26)21(19)23/h2-10H,1H3,(H2,28,33). The van der Waals surface area contributed by atoms with Gasteiger partial charge in [0.05, 0.1) is 32.7 Å². The number of benzene rings is 2. The van der Waals surface area contributed by atoms with E-state index in [2.05, 4.69) is 15.0 Å². The fourth-order valence-electron chi connectivity index (χ4n) is 3.99. The second-order valence-corrected chi connectivity index (χ2v) is 7.78. The summed E-state index contributed by atoms with van der Waals surface area (Å²) in [6, 6.07) is 13.2. The quantitative estimate of drug-likeness (QED) is 0.422. The zero-order valence-corrected chi connectivity index (χ0v) is 17.9. The first-order chi connectivity index (χ1) is 15.9. The minimum atomic E-state index is -0.658. The number of nitrogens with two attached hydrogens (primary N) is 1. The molecule has 1 amide bonds. The number of carbonyl (C=O) groups is 1. The Hall–Kier alpha value is -4.35. The van der Waals surface area contributed by atoms with Crippen molar-refractivity contribution in [2.75, 3.05) is 0 Å². The molecule has 0 fully saturated rings. The number of fused-ring (bicyclic) bond motifs is 2. The molecular weight excluding hydrogens is 443 g/mol. The van der Waals surface area contributed by atoms with Crippen LogP contribution in [0.3, 0.4) is 0 Å². The van der Waals surface area contributed by atoms with Gasteiger partial charge in [0, 0.05) is 12.4 Å². The van der Waals surface area contributed by atoms with Crippen molar-refractivity contribution in [2.45, 2.75) is 6.92 Å². The number of aromatic nitrogens is 4. The van der Waals surface area contributed by atoms with Crippen LogP contribution < -0.4 is 5.73 Å². The monoisotopic (exact) mass is 456 g/mol. The average molecular weight is 457 g/mol. The molecule has 0 spiro atoms. The predicted octanol–water partition coefficient (Wildman–Crippen LogP) is 4.71. The lowest BCUT2D eigenvalue weighted by Crippen LogP contribution is -2.12. The number of nitriles is 1. The SMILES string of the molecule is Cc1nc2c(C(N)=O)cc(-c3ccnc(C#N)c3)cc2n1-c1ccnc2c(Cl)ccc(F)c12. The van der Waals surface area contributed by atoms with E-state index in [4.69, 9.17) is 17.3 Å². The molecule has 3 aromatic heterocycles. The molecule has 3 heterocycles. The van der Waals surface area contributed by atoms with Crippen molar-refractivity contribution in [1.29, 1.82) is 5.26 Å². The Kier molecular flexibility index (Phi) is 4.77. The van der Waals surface area contributed by atoms with Gasteiger partial charge in [-0.25, -0.2) is 14.4 Å². The molecule has 0 saturated heterocycles. The molecule has 0 radical (unpaired) electrons. The molecule has 0 aliphatic rings. The third-order valence-electron chi connectivity index (χ3n) is 5.41. The Balaban J connectivity index is 1.89. The first-order valence-corrected chi connectivity index (χ1v) is 10.2. The molecule has 0 saturated carbocycles. The minimum Gasteiger partial charge on any atom is -0.366 e. The Labute approximate surface area is 191 Å². The number of hydrogen-bond acceptors (Lipinski definition) is 5. The Bertz CT molecular complexity index is 1650. The third-order valence-corrected chi connectivity index (χ3v) is 5.72. The number of carbonyl (C=O) groups excluding carboxylic acids is 1. The topological polar surface area (TPSA) is 110 Å². The van der Waals surface area contributed by atoms with E-state index in [0.717, 1.165) is 0 Å². The van der Waals surface area contributed by atoms with Gasteiger partial charge in [0.2, 0.25) is 0 Å². The van der Waals surface area contributed by atoms with Crippen molar-refractivity contribution >= 4 is 39.4 Å². The number of hydrogen-bond donors (Lipinski definition) is 1. The zero-order valence-electron chi connectivity index (χ0n) is 17.2. The van der Waals surface area contributed by atoms with E-state index in [1.54, 1.807) is 35.8 Å². The van der Waals surface area contributed by atoms with E-state index in [1.807, 2.05) is 12.1 Å². The smallest absolute Gasteiger partial charge is 0.250 e. The number of halogens is 2. The largest absolute Gasteiger partial charge is 0.366 e. The van der Waals surface area contributed by atoms with Crippen LogP contribution in [0.4, 0.5) is 4.39 Å². The highest BCUT2D eigenvalue weighted by atomic mass is 35.5. The summed E-state index contributed by atoms with van der Waals surface area (Å²) in [6.45, 7) is 1.75. The Morgan fingerprint density at radius 1 is 1.09 bits per heavy atom. The molecule has 5 rings (SSSR count). The van der Waals surface area contributed by atoms with Crippen LogP contribution in [0.2, 0.25) is 5.02 Å². The minimum absolute atomic E-state index is 0.205. The number of imidazole rings is 1. The van der Waals surface area contributed by atoms with Gasteiger partial charge in [-0.3, -0.25) is 14.3 Å². The fourth-order valence-corrected chi connectivity index (χ4v) is 4.19. The van der Waals surface area contributed by atoms with Crippen LogP contribution in [0.25, 0.3) is 38.8 Å². The molecule has 5 aromatic rings. The van der Waals surface area contributed by atoms with E-state index in [1.165, 1.54) is 24.5 Å². The molecule has 160 valence electrons. The molecule has 2 aromatic carbocycles. The van der Waals surface area contributed by atoms with Crippen molar-refractivity contribution in [3.63, 3.8) is 0 Å². The molecular formula is C24H14ClFN6O. The number of nitrogens with zero attached hydrogens (tertiary/aromatic N) is 5.